The molecule has 0 saturated heterocycles. The van der Waals surface area contributed by atoms with E-state index in [1.54, 1.807) is 0 Å². The maximum Gasteiger partial charge on any atom is 0.120 e. The molecule has 0 radical (unpaired) electrons. The van der Waals surface area contributed by atoms with E-state index in [9.17, 15) is 0 Å². The second kappa shape index (κ2) is 8.63. The second-order valence-corrected chi connectivity index (χ2v) is 3.35. The zero-order valence-electron chi connectivity index (χ0n) is 10.1. The molecule has 0 aliphatic carbocycles. The minimum Gasteiger partial charge on any atom is -0.491 e. The van der Waals surface area contributed by atoms with E-state index in [4.69, 9.17) is 14.6 Å². The Labute approximate surface area is 102 Å². The summed E-state index contributed by atoms with van der Waals surface area (Å²) in [5, 5.41) is 8.62. The summed E-state index contributed by atoms with van der Waals surface area (Å²) in [4.78, 5) is 0. The first kappa shape index (κ1) is 13.6. The molecule has 3 heteroatoms. The number of aliphatic hydroxyl groups excluding tert-OH is 1. The lowest BCUT2D eigenvalue weighted by Crippen LogP contribution is -2.06. The van der Waals surface area contributed by atoms with Crippen LogP contribution in [0.2, 0.25) is 0 Å². The van der Waals surface area contributed by atoms with Gasteiger partial charge in [0.25, 0.3) is 0 Å². The van der Waals surface area contributed by atoms with Gasteiger partial charge in [0.15, 0.2) is 0 Å². The molecular formula is C14H18O3. The number of rotatable bonds is 6. The van der Waals surface area contributed by atoms with E-state index in [2.05, 4.69) is 11.8 Å². The minimum absolute atomic E-state index is 0.0948. The molecule has 92 valence electrons. The summed E-state index contributed by atoms with van der Waals surface area (Å²) in [6, 6.07) is 7.60. The van der Waals surface area contributed by atoms with Gasteiger partial charge in [-0.1, -0.05) is 17.9 Å². The molecule has 0 aliphatic rings. The van der Waals surface area contributed by atoms with Crippen LogP contribution in [0.4, 0.5) is 0 Å². The highest BCUT2D eigenvalue weighted by Crippen LogP contribution is 2.12. The molecule has 0 spiro atoms. The molecular weight excluding hydrogens is 216 g/mol. The SMILES string of the molecule is CCOCCOc1cccc(C#CCCO)c1. The van der Waals surface area contributed by atoms with E-state index in [0.717, 1.165) is 11.3 Å². The molecule has 0 bridgehead atoms. The van der Waals surface area contributed by atoms with E-state index in [0.29, 0.717) is 26.2 Å². The predicted octanol–water partition coefficient (Wildman–Crippen LogP) is 1.84. The van der Waals surface area contributed by atoms with Crippen molar-refractivity contribution >= 4 is 0 Å². The summed E-state index contributed by atoms with van der Waals surface area (Å²) < 4.78 is 10.7. The summed E-state index contributed by atoms with van der Waals surface area (Å²) in [7, 11) is 0. The van der Waals surface area contributed by atoms with Crippen LogP contribution in [0, 0.1) is 11.8 Å². The van der Waals surface area contributed by atoms with E-state index in [1.807, 2.05) is 31.2 Å². The van der Waals surface area contributed by atoms with Crippen LogP contribution < -0.4 is 4.74 Å². The van der Waals surface area contributed by atoms with Gasteiger partial charge >= 0.3 is 0 Å². The number of benzene rings is 1. The van der Waals surface area contributed by atoms with Crippen molar-refractivity contribution in [2.24, 2.45) is 0 Å². The molecule has 0 fully saturated rings. The van der Waals surface area contributed by atoms with Gasteiger partial charge in [-0.2, -0.15) is 0 Å². The molecule has 0 unspecified atom stereocenters. The fraction of sp³-hybridized carbons (Fsp3) is 0.429. The molecule has 0 heterocycles. The van der Waals surface area contributed by atoms with Crippen LogP contribution in [0.5, 0.6) is 5.75 Å². The first-order chi connectivity index (χ1) is 8.36. The summed E-state index contributed by atoms with van der Waals surface area (Å²) in [6.07, 6.45) is 0.495. The quantitative estimate of drug-likeness (QED) is 0.603. The van der Waals surface area contributed by atoms with Gasteiger partial charge in [0, 0.05) is 18.6 Å². The standard InChI is InChI=1S/C14H18O3/c1-2-16-10-11-17-14-8-5-7-13(12-14)6-3-4-9-15/h5,7-8,12,15H,2,4,9-11H2,1H3. The molecule has 1 aromatic rings. The average Bonchev–Trinajstić information content (AvgIpc) is 2.36. The van der Waals surface area contributed by atoms with Crippen LogP contribution >= 0.6 is 0 Å². The van der Waals surface area contributed by atoms with Gasteiger partial charge in [-0.25, -0.2) is 0 Å². The van der Waals surface area contributed by atoms with Gasteiger partial charge in [0.1, 0.15) is 12.4 Å². The van der Waals surface area contributed by atoms with Gasteiger partial charge in [-0.3, -0.25) is 0 Å². The highest BCUT2D eigenvalue weighted by molar-refractivity contribution is 5.39. The lowest BCUT2D eigenvalue weighted by molar-refractivity contribution is 0.110. The van der Waals surface area contributed by atoms with Crippen LogP contribution in [-0.4, -0.2) is 31.5 Å². The second-order valence-electron chi connectivity index (χ2n) is 3.35. The summed E-state index contributed by atoms with van der Waals surface area (Å²) in [5.74, 6) is 6.63. The van der Waals surface area contributed by atoms with Crippen LogP contribution in [-0.2, 0) is 4.74 Å². The predicted molar refractivity (Wildman–Crippen MR) is 67.0 cm³/mol. The summed E-state index contributed by atoms with van der Waals surface area (Å²) in [6.45, 7) is 3.89. The lowest BCUT2D eigenvalue weighted by Gasteiger charge is -2.06. The highest BCUT2D eigenvalue weighted by Gasteiger charge is 1.94. The topological polar surface area (TPSA) is 38.7 Å². The fourth-order valence-electron chi connectivity index (χ4n) is 1.25. The zero-order chi connectivity index (χ0) is 12.3. The van der Waals surface area contributed by atoms with Crippen LogP contribution in [0.25, 0.3) is 0 Å². The van der Waals surface area contributed by atoms with E-state index < -0.39 is 0 Å². The van der Waals surface area contributed by atoms with Crippen molar-refractivity contribution in [3.8, 4) is 17.6 Å². The van der Waals surface area contributed by atoms with Gasteiger partial charge < -0.3 is 14.6 Å². The van der Waals surface area contributed by atoms with Crippen molar-refractivity contribution < 1.29 is 14.6 Å². The number of aliphatic hydroxyl groups is 1. The van der Waals surface area contributed by atoms with E-state index >= 15 is 0 Å². The third-order valence-electron chi connectivity index (χ3n) is 2.00. The Morgan fingerprint density at radius 1 is 1.29 bits per heavy atom. The Morgan fingerprint density at radius 2 is 2.18 bits per heavy atom. The van der Waals surface area contributed by atoms with Gasteiger partial charge in [0.05, 0.1) is 13.2 Å². The Hall–Kier alpha value is -1.50. The first-order valence-corrected chi connectivity index (χ1v) is 5.77. The highest BCUT2D eigenvalue weighted by atomic mass is 16.5. The lowest BCUT2D eigenvalue weighted by atomic mass is 10.2. The Morgan fingerprint density at radius 3 is 2.94 bits per heavy atom. The normalized spacial score (nSPS) is 9.53. The van der Waals surface area contributed by atoms with Crippen molar-refractivity contribution in [3.63, 3.8) is 0 Å². The maximum atomic E-state index is 8.62. The molecule has 0 amide bonds. The molecule has 0 saturated carbocycles. The van der Waals surface area contributed by atoms with Crippen molar-refractivity contribution in [2.45, 2.75) is 13.3 Å². The molecule has 3 nitrogen and oxygen atoms in total. The molecule has 0 aromatic heterocycles. The zero-order valence-corrected chi connectivity index (χ0v) is 10.1. The van der Waals surface area contributed by atoms with E-state index in [-0.39, 0.29) is 6.61 Å². The number of ether oxygens (including phenoxy) is 2. The summed E-state index contributed by atoms with van der Waals surface area (Å²) in [5.41, 5.74) is 0.896. The van der Waals surface area contributed by atoms with E-state index in [1.165, 1.54) is 0 Å². The number of hydrogen-bond acceptors (Lipinski definition) is 3. The first-order valence-electron chi connectivity index (χ1n) is 5.77. The smallest absolute Gasteiger partial charge is 0.120 e. The van der Waals surface area contributed by atoms with Crippen molar-refractivity contribution in [1.82, 2.24) is 0 Å². The minimum atomic E-state index is 0.0948. The number of hydrogen-bond donors (Lipinski definition) is 1. The molecule has 1 aromatic carbocycles. The molecule has 0 atom stereocenters. The maximum absolute atomic E-state index is 8.62. The largest absolute Gasteiger partial charge is 0.491 e. The third-order valence-corrected chi connectivity index (χ3v) is 2.00. The van der Waals surface area contributed by atoms with Gasteiger partial charge in [0.2, 0.25) is 0 Å². The average molecular weight is 234 g/mol. The van der Waals surface area contributed by atoms with Gasteiger partial charge in [-0.05, 0) is 25.1 Å². The summed E-state index contributed by atoms with van der Waals surface area (Å²) >= 11 is 0. The van der Waals surface area contributed by atoms with Crippen LogP contribution in [0.1, 0.15) is 18.9 Å². The monoisotopic (exact) mass is 234 g/mol. The molecule has 1 rings (SSSR count). The van der Waals surface area contributed by atoms with Crippen LogP contribution in [0.3, 0.4) is 0 Å². The van der Waals surface area contributed by atoms with Crippen LogP contribution in [0.15, 0.2) is 24.3 Å². The molecule has 17 heavy (non-hydrogen) atoms. The van der Waals surface area contributed by atoms with Gasteiger partial charge in [-0.15, -0.1) is 0 Å². The Kier molecular flexibility index (Phi) is 6.89. The van der Waals surface area contributed by atoms with Crippen molar-refractivity contribution in [1.29, 1.82) is 0 Å². The Balaban J connectivity index is 2.46. The Bertz CT molecular complexity index is 377. The molecule has 1 N–H and O–H groups in total. The van der Waals surface area contributed by atoms with Crippen molar-refractivity contribution in [3.05, 3.63) is 29.8 Å². The van der Waals surface area contributed by atoms with Crippen molar-refractivity contribution in [2.75, 3.05) is 26.4 Å². The third kappa shape index (κ3) is 5.96. The fourth-order valence-corrected chi connectivity index (χ4v) is 1.25. The molecule has 0 aliphatic heterocycles.